The topological polar surface area (TPSA) is 75.9 Å². The van der Waals surface area contributed by atoms with Gasteiger partial charge in [-0.15, -0.1) is 0 Å². The molecule has 0 atom stereocenters. The Balaban J connectivity index is 2.19. The van der Waals surface area contributed by atoms with E-state index >= 15 is 0 Å². The molecule has 0 aliphatic heterocycles. The summed E-state index contributed by atoms with van der Waals surface area (Å²) in [5, 5.41) is 8.67. The molecule has 2 aromatic heterocycles. The van der Waals surface area contributed by atoms with E-state index in [4.69, 9.17) is 4.52 Å². The summed E-state index contributed by atoms with van der Waals surface area (Å²) >= 11 is 0. The van der Waals surface area contributed by atoms with Crippen LogP contribution in [-0.4, -0.2) is 22.2 Å². The van der Waals surface area contributed by atoms with Crippen molar-refractivity contribution in [1.29, 1.82) is 0 Å². The third-order valence-electron chi connectivity index (χ3n) is 2.18. The van der Waals surface area contributed by atoms with Gasteiger partial charge in [-0.3, -0.25) is 0 Å². The van der Waals surface area contributed by atoms with Crippen LogP contribution in [0, 0.1) is 0 Å². The van der Waals surface area contributed by atoms with E-state index in [0.29, 0.717) is 5.76 Å². The number of hydrogen-bond donors (Lipinski definition) is 2. The molecule has 102 valence electrons. The number of anilines is 2. The summed E-state index contributed by atoms with van der Waals surface area (Å²) in [5.41, 5.74) is -1.02. The molecule has 2 N–H and O–H groups in total. The molecule has 0 saturated heterocycles. The van der Waals surface area contributed by atoms with E-state index < -0.39 is 11.9 Å². The van der Waals surface area contributed by atoms with Crippen molar-refractivity contribution in [3.8, 4) is 0 Å². The largest absolute Gasteiger partial charge is 0.433 e. The lowest BCUT2D eigenvalue weighted by Gasteiger charge is -2.10. The molecule has 0 saturated carbocycles. The van der Waals surface area contributed by atoms with Crippen LogP contribution in [0.5, 0.6) is 0 Å². The fourth-order valence-electron chi connectivity index (χ4n) is 1.31. The standard InChI is InChI=1S/C10H10F3N5O/c1-14-9-17-7(10(11,12)13)4-8(18-9)15-5-6-2-3-16-19-6/h2-4H,5H2,1H3,(H2,14,15,17,18). The maximum absolute atomic E-state index is 12.6. The Morgan fingerprint density at radius 3 is 2.68 bits per heavy atom. The molecular weight excluding hydrogens is 263 g/mol. The van der Waals surface area contributed by atoms with Gasteiger partial charge < -0.3 is 15.2 Å². The first kappa shape index (κ1) is 13.1. The molecule has 0 unspecified atom stereocenters. The predicted octanol–water partition coefficient (Wildman–Crippen LogP) is 2.14. The van der Waals surface area contributed by atoms with Crippen molar-refractivity contribution in [1.82, 2.24) is 15.1 Å². The van der Waals surface area contributed by atoms with E-state index in [1.54, 1.807) is 6.07 Å². The first-order chi connectivity index (χ1) is 8.99. The van der Waals surface area contributed by atoms with Gasteiger partial charge in [-0.1, -0.05) is 5.16 Å². The molecular formula is C10H10F3N5O. The molecule has 0 spiro atoms. The third-order valence-corrected chi connectivity index (χ3v) is 2.18. The van der Waals surface area contributed by atoms with E-state index in [0.717, 1.165) is 6.07 Å². The van der Waals surface area contributed by atoms with Crippen LogP contribution in [-0.2, 0) is 12.7 Å². The molecule has 0 bridgehead atoms. The second kappa shape index (κ2) is 5.12. The van der Waals surface area contributed by atoms with Crippen molar-refractivity contribution < 1.29 is 17.7 Å². The van der Waals surface area contributed by atoms with Crippen molar-refractivity contribution in [3.05, 3.63) is 29.8 Å². The number of rotatable bonds is 4. The monoisotopic (exact) mass is 273 g/mol. The predicted molar refractivity (Wildman–Crippen MR) is 60.4 cm³/mol. The summed E-state index contributed by atoms with van der Waals surface area (Å²) in [6.07, 6.45) is -3.09. The number of aromatic nitrogens is 3. The summed E-state index contributed by atoms with van der Waals surface area (Å²) in [5.74, 6) is 0.413. The first-order valence-electron chi connectivity index (χ1n) is 5.26. The van der Waals surface area contributed by atoms with Gasteiger partial charge in [0.1, 0.15) is 5.82 Å². The Morgan fingerprint density at radius 1 is 1.32 bits per heavy atom. The Morgan fingerprint density at radius 2 is 2.11 bits per heavy atom. The summed E-state index contributed by atoms with van der Waals surface area (Å²) in [6.45, 7) is 0.178. The molecule has 2 aromatic rings. The molecule has 0 aromatic carbocycles. The molecule has 0 aliphatic rings. The van der Waals surface area contributed by atoms with Crippen LogP contribution in [0.2, 0.25) is 0 Å². The quantitative estimate of drug-likeness (QED) is 0.888. The van der Waals surface area contributed by atoms with Gasteiger partial charge in [0.25, 0.3) is 0 Å². The summed E-state index contributed by atoms with van der Waals surface area (Å²) in [6, 6.07) is 2.43. The van der Waals surface area contributed by atoms with Crippen molar-refractivity contribution in [2.75, 3.05) is 17.7 Å². The van der Waals surface area contributed by atoms with E-state index in [9.17, 15) is 13.2 Å². The highest BCUT2D eigenvalue weighted by atomic mass is 19.4. The summed E-state index contributed by atoms with van der Waals surface area (Å²) in [7, 11) is 1.44. The van der Waals surface area contributed by atoms with Crippen molar-refractivity contribution >= 4 is 11.8 Å². The lowest BCUT2D eigenvalue weighted by molar-refractivity contribution is -0.141. The fourth-order valence-corrected chi connectivity index (χ4v) is 1.31. The maximum Gasteiger partial charge on any atom is 0.433 e. The number of halogens is 3. The van der Waals surface area contributed by atoms with Gasteiger partial charge in [-0.2, -0.15) is 18.2 Å². The van der Waals surface area contributed by atoms with Crippen LogP contribution < -0.4 is 10.6 Å². The highest BCUT2D eigenvalue weighted by Crippen LogP contribution is 2.29. The molecule has 2 heterocycles. The zero-order chi connectivity index (χ0) is 13.9. The molecule has 0 radical (unpaired) electrons. The lowest BCUT2D eigenvalue weighted by Crippen LogP contribution is -2.12. The zero-order valence-corrected chi connectivity index (χ0v) is 9.82. The van der Waals surface area contributed by atoms with Crippen molar-refractivity contribution in [3.63, 3.8) is 0 Å². The summed E-state index contributed by atoms with van der Waals surface area (Å²) < 4.78 is 42.7. The van der Waals surface area contributed by atoms with E-state index in [1.165, 1.54) is 13.2 Å². The normalized spacial score (nSPS) is 11.4. The summed E-state index contributed by atoms with van der Waals surface area (Å²) in [4.78, 5) is 7.21. The van der Waals surface area contributed by atoms with Gasteiger partial charge in [-0.05, 0) is 0 Å². The number of alkyl halides is 3. The second-order valence-electron chi connectivity index (χ2n) is 3.54. The molecule has 19 heavy (non-hydrogen) atoms. The average Bonchev–Trinajstić information content (AvgIpc) is 2.88. The van der Waals surface area contributed by atoms with Crippen LogP contribution in [0.1, 0.15) is 11.5 Å². The maximum atomic E-state index is 12.6. The van der Waals surface area contributed by atoms with Crippen LogP contribution in [0.25, 0.3) is 0 Å². The number of nitrogens with one attached hydrogen (secondary N) is 2. The van der Waals surface area contributed by atoms with Crippen LogP contribution >= 0.6 is 0 Å². The van der Waals surface area contributed by atoms with E-state index in [2.05, 4.69) is 25.8 Å². The smallest absolute Gasteiger partial charge is 0.363 e. The molecule has 9 heteroatoms. The Labute approximate surface area is 106 Å². The fraction of sp³-hybridized carbons (Fsp3) is 0.300. The number of hydrogen-bond acceptors (Lipinski definition) is 6. The Bertz CT molecular complexity index is 541. The van der Waals surface area contributed by atoms with E-state index in [-0.39, 0.29) is 18.3 Å². The van der Waals surface area contributed by atoms with Crippen LogP contribution in [0.3, 0.4) is 0 Å². The second-order valence-corrected chi connectivity index (χ2v) is 3.54. The lowest BCUT2D eigenvalue weighted by atomic mass is 10.3. The Kier molecular flexibility index (Phi) is 3.54. The average molecular weight is 273 g/mol. The minimum absolute atomic E-state index is 0.0445. The Hall–Kier alpha value is -2.32. The van der Waals surface area contributed by atoms with E-state index in [1.807, 2.05) is 0 Å². The van der Waals surface area contributed by atoms with Gasteiger partial charge in [0, 0.05) is 19.2 Å². The highest BCUT2D eigenvalue weighted by Gasteiger charge is 2.33. The molecule has 2 rings (SSSR count). The SMILES string of the molecule is CNc1nc(NCc2ccno2)cc(C(F)(F)F)n1. The minimum atomic E-state index is -4.53. The molecule has 0 amide bonds. The van der Waals surface area contributed by atoms with Gasteiger partial charge in [0.05, 0.1) is 12.7 Å². The van der Waals surface area contributed by atoms with Crippen LogP contribution in [0.15, 0.2) is 22.9 Å². The number of nitrogens with zero attached hydrogens (tertiary/aromatic N) is 3. The first-order valence-corrected chi connectivity index (χ1v) is 5.26. The van der Waals surface area contributed by atoms with Crippen molar-refractivity contribution in [2.45, 2.75) is 12.7 Å². The molecule has 0 fully saturated rings. The van der Waals surface area contributed by atoms with Gasteiger partial charge >= 0.3 is 6.18 Å². The molecule has 6 nitrogen and oxygen atoms in total. The van der Waals surface area contributed by atoms with Crippen molar-refractivity contribution in [2.24, 2.45) is 0 Å². The minimum Gasteiger partial charge on any atom is -0.363 e. The highest BCUT2D eigenvalue weighted by molar-refractivity contribution is 5.43. The van der Waals surface area contributed by atoms with Gasteiger partial charge in [0.15, 0.2) is 11.5 Å². The third kappa shape index (κ3) is 3.33. The van der Waals surface area contributed by atoms with Gasteiger partial charge in [0.2, 0.25) is 5.95 Å². The van der Waals surface area contributed by atoms with Gasteiger partial charge in [-0.25, -0.2) is 4.98 Å². The zero-order valence-electron chi connectivity index (χ0n) is 9.82. The molecule has 0 aliphatic carbocycles. The van der Waals surface area contributed by atoms with Crippen LogP contribution in [0.4, 0.5) is 24.9 Å².